The van der Waals surface area contributed by atoms with Crippen LogP contribution < -0.4 is 5.73 Å². The molecule has 2 saturated carbocycles. The summed E-state index contributed by atoms with van der Waals surface area (Å²) in [5, 5.41) is 10.8. The Morgan fingerprint density at radius 3 is 2.42 bits per heavy atom. The van der Waals surface area contributed by atoms with Crippen molar-refractivity contribution in [1.29, 1.82) is 0 Å². The zero-order chi connectivity index (χ0) is 22.8. The van der Waals surface area contributed by atoms with Gasteiger partial charge in [-0.25, -0.2) is 0 Å². The fourth-order valence-corrected chi connectivity index (χ4v) is 9.16. The summed E-state index contributed by atoms with van der Waals surface area (Å²) in [5.74, 6) is 2.06. The minimum absolute atomic E-state index is 0.00565. The highest BCUT2D eigenvalue weighted by Gasteiger charge is 2.63. The van der Waals surface area contributed by atoms with Gasteiger partial charge >= 0.3 is 0 Å². The molecule has 0 aromatic carbocycles. The van der Waals surface area contributed by atoms with E-state index in [4.69, 9.17) is 5.73 Å². The topological polar surface area (TPSA) is 46.2 Å². The van der Waals surface area contributed by atoms with Gasteiger partial charge in [-0.2, -0.15) is 0 Å². The zero-order valence-electron chi connectivity index (χ0n) is 21.5. The minimum atomic E-state index is -0.161. The van der Waals surface area contributed by atoms with Crippen LogP contribution in [-0.4, -0.2) is 16.7 Å². The minimum Gasteiger partial charge on any atom is -0.393 e. The molecule has 7 atom stereocenters. The summed E-state index contributed by atoms with van der Waals surface area (Å²) in [4.78, 5) is 0. The summed E-state index contributed by atoms with van der Waals surface area (Å²) in [5.41, 5.74) is 12.7. The Morgan fingerprint density at radius 2 is 1.74 bits per heavy atom. The maximum atomic E-state index is 10.8. The van der Waals surface area contributed by atoms with E-state index in [2.05, 4.69) is 54.5 Å². The van der Waals surface area contributed by atoms with Crippen molar-refractivity contribution in [2.24, 2.45) is 39.7 Å². The highest BCUT2D eigenvalue weighted by Crippen LogP contribution is 2.68. The Hall–Kier alpha value is -0.600. The normalized spacial score (nSPS) is 44.9. The summed E-state index contributed by atoms with van der Waals surface area (Å²) in [6.07, 6.45) is 14.2. The monoisotopic (exact) mass is 427 g/mol. The van der Waals surface area contributed by atoms with Crippen molar-refractivity contribution in [3.8, 4) is 0 Å². The first kappa shape index (κ1) is 23.6. The summed E-state index contributed by atoms with van der Waals surface area (Å²) < 4.78 is 0. The number of aliphatic hydroxyl groups is 1. The zero-order valence-corrected chi connectivity index (χ0v) is 21.5. The van der Waals surface area contributed by atoms with Gasteiger partial charge in [-0.3, -0.25) is 0 Å². The van der Waals surface area contributed by atoms with E-state index < -0.39 is 0 Å². The largest absolute Gasteiger partial charge is 0.393 e. The van der Waals surface area contributed by atoms with E-state index in [0.717, 1.165) is 31.1 Å². The molecule has 176 valence electrons. The van der Waals surface area contributed by atoms with Gasteiger partial charge in [0.15, 0.2) is 0 Å². The number of rotatable bonds is 4. The van der Waals surface area contributed by atoms with Crippen molar-refractivity contribution in [2.45, 2.75) is 124 Å². The molecule has 0 aromatic heterocycles. The molecule has 0 radical (unpaired) electrons. The number of allylic oxidation sites excluding steroid dienone is 3. The van der Waals surface area contributed by atoms with Crippen molar-refractivity contribution in [3.63, 3.8) is 0 Å². The number of hydrogen-bond donors (Lipinski definition) is 2. The highest BCUT2D eigenvalue weighted by atomic mass is 16.3. The summed E-state index contributed by atoms with van der Waals surface area (Å²) in [7, 11) is 0. The number of nitrogens with two attached hydrogens (primary N) is 1. The van der Waals surface area contributed by atoms with Crippen LogP contribution in [0.2, 0.25) is 0 Å². The van der Waals surface area contributed by atoms with Crippen LogP contribution in [0.25, 0.3) is 0 Å². The van der Waals surface area contributed by atoms with Crippen molar-refractivity contribution in [2.75, 3.05) is 0 Å². The van der Waals surface area contributed by atoms with Crippen LogP contribution >= 0.6 is 0 Å². The van der Waals surface area contributed by atoms with Gasteiger partial charge in [0, 0.05) is 5.54 Å². The van der Waals surface area contributed by atoms with Gasteiger partial charge in [-0.05, 0) is 112 Å². The molecule has 0 heterocycles. The first-order valence-corrected chi connectivity index (χ1v) is 13.2. The van der Waals surface area contributed by atoms with Gasteiger partial charge in [-0.15, -0.1) is 0 Å². The molecule has 0 bridgehead atoms. The fourth-order valence-electron chi connectivity index (χ4n) is 9.16. The SMILES string of the molecule is CC(C)=CCC[C@@H](C)[C@H]1CC[C@@]2(N)C3=C(CC[C@]12C)[C@@]1(C)CCC(O)C(C)(C)C1CC3. The van der Waals surface area contributed by atoms with E-state index in [-0.39, 0.29) is 27.9 Å². The fraction of sp³-hybridized carbons (Fsp3) is 0.862. The van der Waals surface area contributed by atoms with Crippen LogP contribution in [-0.2, 0) is 0 Å². The van der Waals surface area contributed by atoms with Crippen LogP contribution in [0.1, 0.15) is 113 Å². The Balaban J connectivity index is 1.65. The van der Waals surface area contributed by atoms with Crippen molar-refractivity contribution in [3.05, 3.63) is 22.8 Å². The van der Waals surface area contributed by atoms with Gasteiger partial charge in [0.05, 0.1) is 6.10 Å². The first-order chi connectivity index (χ1) is 14.4. The van der Waals surface area contributed by atoms with Gasteiger partial charge in [0.2, 0.25) is 0 Å². The predicted octanol–water partition coefficient (Wildman–Crippen LogP) is 7.17. The lowest BCUT2D eigenvalue weighted by Crippen LogP contribution is -2.61. The predicted molar refractivity (Wildman–Crippen MR) is 132 cm³/mol. The molecule has 4 aliphatic rings. The van der Waals surface area contributed by atoms with Crippen LogP contribution in [0.4, 0.5) is 0 Å². The Kier molecular flexibility index (Phi) is 5.87. The molecule has 4 aliphatic carbocycles. The molecular formula is C29H49NO. The van der Waals surface area contributed by atoms with Gasteiger partial charge < -0.3 is 10.8 Å². The molecular weight excluding hydrogens is 378 g/mol. The standard InChI is InChI=1S/C29H49NO/c1-19(2)9-8-10-20(3)21-14-18-29(30)23-11-12-24-26(4,5)25(31)15-16-27(24,6)22(23)13-17-28(21,29)7/h9,20-21,24-25,31H,8,10-18,30H2,1-7H3/t20-,21-,24?,25?,27-,28-,29-/m1/s1. The van der Waals surface area contributed by atoms with Crippen LogP contribution in [0.5, 0.6) is 0 Å². The molecule has 0 amide bonds. The average Bonchev–Trinajstić information content (AvgIpc) is 2.96. The second kappa shape index (κ2) is 7.73. The maximum absolute atomic E-state index is 10.8. The second-order valence-electron chi connectivity index (χ2n) is 13.2. The van der Waals surface area contributed by atoms with Crippen molar-refractivity contribution >= 4 is 0 Å². The lowest BCUT2D eigenvalue weighted by atomic mass is 9.44. The smallest absolute Gasteiger partial charge is 0.0594 e. The first-order valence-electron chi connectivity index (χ1n) is 13.2. The quantitative estimate of drug-likeness (QED) is 0.467. The Labute approximate surface area is 192 Å². The Morgan fingerprint density at radius 1 is 1.03 bits per heavy atom. The Bertz CT molecular complexity index is 774. The molecule has 31 heavy (non-hydrogen) atoms. The third-order valence-corrected chi connectivity index (χ3v) is 11.2. The third kappa shape index (κ3) is 3.33. The van der Waals surface area contributed by atoms with E-state index in [1.54, 1.807) is 11.1 Å². The van der Waals surface area contributed by atoms with Crippen LogP contribution in [0.3, 0.4) is 0 Å². The van der Waals surface area contributed by atoms with E-state index in [1.165, 1.54) is 50.5 Å². The number of fused-ring (bicyclic) bond motifs is 4. The molecule has 0 saturated heterocycles. The second-order valence-corrected chi connectivity index (χ2v) is 13.2. The van der Waals surface area contributed by atoms with E-state index in [9.17, 15) is 5.11 Å². The van der Waals surface area contributed by atoms with Gasteiger partial charge in [0.25, 0.3) is 0 Å². The lowest BCUT2D eigenvalue weighted by Gasteiger charge is -2.62. The molecule has 0 aromatic rings. The molecule has 2 heteroatoms. The van der Waals surface area contributed by atoms with Gasteiger partial charge in [-0.1, -0.05) is 57.4 Å². The molecule has 0 aliphatic heterocycles. The van der Waals surface area contributed by atoms with E-state index in [0.29, 0.717) is 5.92 Å². The number of hydrogen-bond acceptors (Lipinski definition) is 2. The maximum Gasteiger partial charge on any atom is 0.0594 e. The van der Waals surface area contributed by atoms with Crippen molar-refractivity contribution in [1.82, 2.24) is 0 Å². The summed E-state index contributed by atoms with van der Waals surface area (Å²) >= 11 is 0. The number of aliphatic hydroxyl groups excluding tert-OH is 1. The van der Waals surface area contributed by atoms with E-state index >= 15 is 0 Å². The van der Waals surface area contributed by atoms with Crippen LogP contribution in [0, 0.1) is 34.0 Å². The highest BCUT2D eigenvalue weighted by molar-refractivity contribution is 5.42. The average molecular weight is 428 g/mol. The molecule has 3 N–H and O–H groups in total. The summed E-state index contributed by atoms with van der Waals surface area (Å²) in [6.45, 7) is 16.6. The molecule has 2 nitrogen and oxygen atoms in total. The summed E-state index contributed by atoms with van der Waals surface area (Å²) in [6, 6.07) is 0. The molecule has 4 rings (SSSR count). The van der Waals surface area contributed by atoms with Crippen molar-refractivity contribution < 1.29 is 5.11 Å². The van der Waals surface area contributed by atoms with Crippen LogP contribution in [0.15, 0.2) is 22.8 Å². The third-order valence-electron chi connectivity index (χ3n) is 11.2. The molecule has 0 spiro atoms. The van der Waals surface area contributed by atoms with Gasteiger partial charge in [0.1, 0.15) is 0 Å². The molecule has 2 fully saturated rings. The lowest BCUT2D eigenvalue weighted by molar-refractivity contribution is -0.0938. The molecule has 2 unspecified atom stereocenters. The van der Waals surface area contributed by atoms with E-state index in [1.807, 2.05) is 0 Å².